The van der Waals surface area contributed by atoms with Gasteiger partial charge in [-0.3, -0.25) is 9.59 Å². The second-order valence-electron chi connectivity index (χ2n) is 5.76. The molecule has 0 atom stereocenters. The molecule has 0 saturated heterocycles. The summed E-state index contributed by atoms with van der Waals surface area (Å²) in [6.07, 6.45) is 8.02. The van der Waals surface area contributed by atoms with Crippen LogP contribution in [0.25, 0.3) is 0 Å². The Morgan fingerprint density at radius 1 is 0.600 bits per heavy atom. The quantitative estimate of drug-likeness (QED) is 0.573. The highest BCUT2D eigenvalue weighted by Crippen LogP contribution is 2.26. The van der Waals surface area contributed by atoms with Crippen molar-refractivity contribution in [3.05, 3.63) is 0 Å². The summed E-state index contributed by atoms with van der Waals surface area (Å²) in [5, 5.41) is 0. The zero-order valence-corrected chi connectivity index (χ0v) is 11.8. The predicted molar refractivity (Wildman–Crippen MR) is 70.7 cm³/mol. The van der Waals surface area contributed by atoms with Crippen LogP contribution in [-0.2, 0) is 19.1 Å². The first-order valence-electron chi connectivity index (χ1n) is 7.64. The number of hydrogen-bond donors (Lipinski definition) is 0. The first kappa shape index (κ1) is 15.0. The third kappa shape index (κ3) is 4.32. The Morgan fingerprint density at radius 2 is 0.950 bits per heavy atom. The lowest BCUT2D eigenvalue weighted by Gasteiger charge is -2.20. The van der Waals surface area contributed by atoms with Gasteiger partial charge in [0.1, 0.15) is 0 Å². The van der Waals surface area contributed by atoms with Crippen molar-refractivity contribution in [2.75, 3.05) is 0 Å². The summed E-state index contributed by atoms with van der Waals surface area (Å²) in [6.45, 7) is 0. The minimum absolute atomic E-state index is 0.221. The Bertz CT molecular complexity index is 330. The maximum atomic E-state index is 11.7. The van der Waals surface area contributed by atoms with Crippen LogP contribution < -0.4 is 0 Å². The van der Waals surface area contributed by atoms with E-state index in [-0.39, 0.29) is 11.8 Å². The molecule has 2 saturated carbocycles. The van der Waals surface area contributed by atoms with Crippen molar-refractivity contribution in [3.63, 3.8) is 0 Å². The highest BCUT2D eigenvalue weighted by atomic mass is 16.8. The van der Waals surface area contributed by atoms with Crippen molar-refractivity contribution in [2.45, 2.75) is 64.2 Å². The standard InChI is InChI=1S/C15H22O5/c16-13(11-7-3-1-4-8-11)19-15(18)20-14(17)12-9-5-2-6-10-12/h11-12H,1-10H2. The highest BCUT2D eigenvalue weighted by molar-refractivity contribution is 5.89. The largest absolute Gasteiger partial charge is 0.524 e. The summed E-state index contributed by atoms with van der Waals surface area (Å²) >= 11 is 0. The smallest absolute Gasteiger partial charge is 0.360 e. The zero-order chi connectivity index (χ0) is 14.4. The summed E-state index contributed by atoms with van der Waals surface area (Å²) in [6, 6.07) is 0. The molecule has 0 heterocycles. The molecule has 0 bridgehead atoms. The lowest BCUT2D eigenvalue weighted by molar-refractivity contribution is -0.152. The average Bonchev–Trinajstić information content (AvgIpc) is 2.49. The molecule has 0 spiro atoms. The molecule has 5 nitrogen and oxygen atoms in total. The lowest BCUT2D eigenvalue weighted by atomic mass is 9.89. The van der Waals surface area contributed by atoms with Crippen LogP contribution in [-0.4, -0.2) is 18.1 Å². The summed E-state index contributed by atoms with van der Waals surface area (Å²) < 4.78 is 9.26. The van der Waals surface area contributed by atoms with Gasteiger partial charge in [-0.2, -0.15) is 0 Å². The number of esters is 2. The van der Waals surface area contributed by atoms with E-state index in [1.54, 1.807) is 0 Å². The molecule has 0 aromatic rings. The monoisotopic (exact) mass is 282 g/mol. The van der Waals surface area contributed by atoms with Gasteiger partial charge < -0.3 is 9.47 Å². The molecule has 0 unspecified atom stereocenters. The summed E-state index contributed by atoms with van der Waals surface area (Å²) in [5.41, 5.74) is 0. The van der Waals surface area contributed by atoms with E-state index >= 15 is 0 Å². The van der Waals surface area contributed by atoms with E-state index in [0.717, 1.165) is 64.2 Å². The van der Waals surface area contributed by atoms with Gasteiger partial charge in [0.25, 0.3) is 0 Å². The van der Waals surface area contributed by atoms with Crippen LogP contribution in [0.3, 0.4) is 0 Å². The van der Waals surface area contributed by atoms with Gasteiger partial charge in [0.15, 0.2) is 0 Å². The van der Waals surface area contributed by atoms with Crippen molar-refractivity contribution in [1.82, 2.24) is 0 Å². The van der Waals surface area contributed by atoms with Crippen LogP contribution in [0, 0.1) is 11.8 Å². The molecule has 0 aliphatic heterocycles. The lowest BCUT2D eigenvalue weighted by Crippen LogP contribution is -2.28. The second kappa shape index (κ2) is 7.41. The molecule has 2 aliphatic rings. The van der Waals surface area contributed by atoms with Crippen LogP contribution in [0.5, 0.6) is 0 Å². The van der Waals surface area contributed by atoms with Crippen LogP contribution in [0.1, 0.15) is 64.2 Å². The van der Waals surface area contributed by atoms with Gasteiger partial charge in [-0.05, 0) is 25.7 Å². The Hall–Kier alpha value is -1.39. The summed E-state index contributed by atoms with van der Waals surface area (Å²) in [7, 11) is 0. The molecular formula is C15H22O5. The number of carbonyl (C=O) groups excluding carboxylic acids is 3. The first-order chi connectivity index (χ1) is 9.66. The average molecular weight is 282 g/mol. The van der Waals surface area contributed by atoms with Crippen LogP contribution in [0.15, 0.2) is 0 Å². The maximum absolute atomic E-state index is 11.7. The Labute approximate surface area is 119 Å². The third-order valence-electron chi connectivity index (χ3n) is 4.24. The van der Waals surface area contributed by atoms with E-state index in [4.69, 9.17) is 0 Å². The molecule has 0 radical (unpaired) electrons. The highest BCUT2D eigenvalue weighted by Gasteiger charge is 2.29. The molecule has 0 aromatic carbocycles. The van der Waals surface area contributed by atoms with Gasteiger partial charge in [0.2, 0.25) is 0 Å². The molecule has 2 aliphatic carbocycles. The van der Waals surface area contributed by atoms with Crippen molar-refractivity contribution < 1.29 is 23.9 Å². The van der Waals surface area contributed by atoms with Crippen molar-refractivity contribution in [1.29, 1.82) is 0 Å². The number of ether oxygens (including phenoxy) is 2. The Kier molecular flexibility index (Phi) is 5.56. The fraction of sp³-hybridized carbons (Fsp3) is 0.800. The molecule has 20 heavy (non-hydrogen) atoms. The van der Waals surface area contributed by atoms with Gasteiger partial charge in [0.05, 0.1) is 11.8 Å². The normalized spacial score (nSPS) is 21.2. The SMILES string of the molecule is O=C(OC(=O)C1CCCCC1)OC(=O)C1CCCCC1. The number of hydrogen-bond acceptors (Lipinski definition) is 5. The third-order valence-corrected chi connectivity index (χ3v) is 4.24. The van der Waals surface area contributed by atoms with E-state index < -0.39 is 18.1 Å². The molecule has 2 fully saturated rings. The molecule has 5 heteroatoms. The van der Waals surface area contributed by atoms with Crippen molar-refractivity contribution in [3.8, 4) is 0 Å². The van der Waals surface area contributed by atoms with Crippen LogP contribution >= 0.6 is 0 Å². The fourth-order valence-corrected chi connectivity index (χ4v) is 3.03. The Morgan fingerprint density at radius 3 is 1.30 bits per heavy atom. The molecule has 0 N–H and O–H groups in total. The minimum atomic E-state index is -1.16. The van der Waals surface area contributed by atoms with Gasteiger partial charge in [-0.15, -0.1) is 0 Å². The molecular weight excluding hydrogens is 260 g/mol. The zero-order valence-electron chi connectivity index (χ0n) is 11.8. The predicted octanol–water partition coefficient (Wildman–Crippen LogP) is 3.35. The Balaban J connectivity index is 1.73. The van der Waals surface area contributed by atoms with Crippen molar-refractivity contribution >= 4 is 18.1 Å². The van der Waals surface area contributed by atoms with Gasteiger partial charge in [0, 0.05) is 0 Å². The first-order valence-corrected chi connectivity index (χ1v) is 7.64. The van der Waals surface area contributed by atoms with E-state index in [1.807, 2.05) is 0 Å². The van der Waals surface area contributed by atoms with Crippen LogP contribution in [0.2, 0.25) is 0 Å². The van der Waals surface area contributed by atoms with Gasteiger partial charge in [-0.1, -0.05) is 38.5 Å². The van der Waals surface area contributed by atoms with Gasteiger partial charge in [-0.25, -0.2) is 4.79 Å². The molecule has 112 valence electrons. The van der Waals surface area contributed by atoms with E-state index in [1.165, 1.54) is 0 Å². The summed E-state index contributed by atoms with van der Waals surface area (Å²) in [4.78, 5) is 34.9. The number of carbonyl (C=O) groups is 3. The minimum Gasteiger partial charge on any atom is -0.360 e. The summed E-state index contributed by atoms with van der Waals surface area (Å²) in [5.74, 6) is -1.54. The van der Waals surface area contributed by atoms with E-state index in [9.17, 15) is 14.4 Å². The second-order valence-corrected chi connectivity index (χ2v) is 5.76. The molecule has 0 aromatic heterocycles. The van der Waals surface area contributed by atoms with Gasteiger partial charge >= 0.3 is 18.1 Å². The molecule has 2 rings (SSSR count). The van der Waals surface area contributed by atoms with E-state index in [0.29, 0.717) is 0 Å². The van der Waals surface area contributed by atoms with E-state index in [2.05, 4.69) is 9.47 Å². The molecule has 0 amide bonds. The topological polar surface area (TPSA) is 69.7 Å². The van der Waals surface area contributed by atoms with Crippen molar-refractivity contribution in [2.24, 2.45) is 11.8 Å². The maximum Gasteiger partial charge on any atom is 0.524 e. The van der Waals surface area contributed by atoms with Crippen LogP contribution in [0.4, 0.5) is 4.79 Å². The fourth-order valence-electron chi connectivity index (χ4n) is 3.03. The number of rotatable bonds is 2.